The highest BCUT2D eigenvalue weighted by atomic mass is 16.3. The first-order chi connectivity index (χ1) is 10.7. The number of hydrogen-bond acceptors (Lipinski definition) is 3. The van der Waals surface area contributed by atoms with Crippen LogP contribution in [-0.2, 0) is 0 Å². The Bertz CT molecular complexity index is 629. The van der Waals surface area contributed by atoms with Gasteiger partial charge in [0, 0.05) is 12.1 Å². The molecule has 22 heavy (non-hydrogen) atoms. The molecule has 4 heteroatoms. The zero-order valence-corrected chi connectivity index (χ0v) is 12.2. The van der Waals surface area contributed by atoms with Gasteiger partial charge in [0.2, 0.25) is 0 Å². The summed E-state index contributed by atoms with van der Waals surface area (Å²) in [6.07, 6.45) is -1.02. The molecule has 0 saturated carbocycles. The highest BCUT2D eigenvalue weighted by Gasteiger charge is 2.39. The van der Waals surface area contributed by atoms with E-state index in [4.69, 9.17) is 0 Å². The van der Waals surface area contributed by atoms with Crippen molar-refractivity contribution >= 4 is 5.91 Å². The topological polar surface area (TPSA) is 60.8 Å². The molecule has 2 N–H and O–H groups in total. The van der Waals surface area contributed by atoms with Crippen molar-refractivity contribution in [2.24, 2.45) is 0 Å². The first-order valence-electron chi connectivity index (χ1n) is 7.44. The lowest BCUT2D eigenvalue weighted by Gasteiger charge is -2.28. The average Bonchev–Trinajstić information content (AvgIpc) is 2.97. The first kappa shape index (κ1) is 14.8. The van der Waals surface area contributed by atoms with Crippen molar-refractivity contribution < 1.29 is 15.0 Å². The number of carbonyl (C=O) groups excluding carboxylic acids is 1. The summed E-state index contributed by atoms with van der Waals surface area (Å²) in [5.41, 5.74) is 1.33. The van der Waals surface area contributed by atoms with Crippen molar-refractivity contribution in [3.8, 4) is 0 Å². The maximum absolute atomic E-state index is 12.6. The Balaban J connectivity index is 1.85. The van der Waals surface area contributed by atoms with Gasteiger partial charge in [-0.15, -0.1) is 0 Å². The normalized spacial score (nSPS) is 22.5. The minimum atomic E-state index is -0.800. The Morgan fingerprint density at radius 3 is 2.27 bits per heavy atom. The van der Waals surface area contributed by atoms with E-state index in [9.17, 15) is 15.0 Å². The van der Waals surface area contributed by atoms with Crippen LogP contribution in [0, 0.1) is 0 Å². The van der Waals surface area contributed by atoms with Gasteiger partial charge in [-0.1, -0.05) is 48.5 Å². The molecule has 1 amide bonds. The van der Waals surface area contributed by atoms with Crippen molar-refractivity contribution in [2.75, 3.05) is 6.54 Å². The second kappa shape index (κ2) is 6.30. The molecule has 4 nitrogen and oxygen atoms in total. The second-order valence-corrected chi connectivity index (χ2v) is 5.64. The van der Waals surface area contributed by atoms with E-state index in [1.165, 1.54) is 0 Å². The van der Waals surface area contributed by atoms with Gasteiger partial charge in [-0.2, -0.15) is 0 Å². The van der Waals surface area contributed by atoms with Crippen LogP contribution >= 0.6 is 0 Å². The number of carbonyl (C=O) groups is 1. The summed E-state index contributed by atoms with van der Waals surface area (Å²) >= 11 is 0. The van der Waals surface area contributed by atoms with Crippen molar-refractivity contribution in [3.63, 3.8) is 0 Å². The molecule has 0 radical (unpaired) electrons. The SMILES string of the molecule is O=C(c1ccccc1)N1C[C@H](O)C[C@@H]1[C@@H](O)c1ccccc1. The van der Waals surface area contributed by atoms with Crippen LogP contribution in [0.1, 0.15) is 28.4 Å². The van der Waals surface area contributed by atoms with Gasteiger partial charge in [0.1, 0.15) is 0 Å². The van der Waals surface area contributed by atoms with E-state index < -0.39 is 18.2 Å². The van der Waals surface area contributed by atoms with Gasteiger partial charge in [0.15, 0.2) is 0 Å². The number of β-amino-alcohol motifs (C(OH)–C–C–N with tert-alkyl or cyclic N) is 1. The fourth-order valence-corrected chi connectivity index (χ4v) is 2.99. The van der Waals surface area contributed by atoms with Crippen LogP contribution in [0.5, 0.6) is 0 Å². The van der Waals surface area contributed by atoms with Gasteiger partial charge in [-0.05, 0) is 24.1 Å². The third-order valence-corrected chi connectivity index (χ3v) is 4.11. The first-order valence-corrected chi connectivity index (χ1v) is 7.44. The molecule has 2 aromatic carbocycles. The van der Waals surface area contributed by atoms with E-state index >= 15 is 0 Å². The number of rotatable bonds is 3. The van der Waals surface area contributed by atoms with E-state index in [2.05, 4.69) is 0 Å². The molecule has 0 aliphatic carbocycles. The molecule has 1 saturated heterocycles. The van der Waals surface area contributed by atoms with Gasteiger partial charge < -0.3 is 15.1 Å². The van der Waals surface area contributed by atoms with Gasteiger partial charge in [-0.3, -0.25) is 4.79 Å². The molecule has 0 spiro atoms. The van der Waals surface area contributed by atoms with Crippen LogP contribution in [0.2, 0.25) is 0 Å². The lowest BCUT2D eigenvalue weighted by Crippen LogP contribution is -2.39. The number of benzene rings is 2. The number of aliphatic hydroxyl groups is 2. The predicted octanol–water partition coefficient (Wildman–Crippen LogP) is 2.00. The summed E-state index contributed by atoms with van der Waals surface area (Å²) in [6, 6.07) is 17.8. The zero-order valence-electron chi connectivity index (χ0n) is 12.2. The number of nitrogens with zero attached hydrogens (tertiary/aromatic N) is 1. The third kappa shape index (κ3) is 2.89. The quantitative estimate of drug-likeness (QED) is 0.911. The van der Waals surface area contributed by atoms with Crippen LogP contribution in [0.3, 0.4) is 0 Å². The molecule has 1 fully saturated rings. The van der Waals surface area contributed by atoms with E-state index in [-0.39, 0.29) is 12.5 Å². The average molecular weight is 297 g/mol. The molecule has 2 aromatic rings. The summed E-state index contributed by atoms with van der Waals surface area (Å²) in [5, 5.41) is 20.6. The fraction of sp³-hybridized carbons (Fsp3) is 0.278. The number of amides is 1. The smallest absolute Gasteiger partial charge is 0.254 e. The van der Waals surface area contributed by atoms with Crippen molar-refractivity contribution in [2.45, 2.75) is 24.7 Å². The van der Waals surface area contributed by atoms with E-state index in [0.717, 1.165) is 5.56 Å². The minimum Gasteiger partial charge on any atom is -0.391 e. The van der Waals surface area contributed by atoms with Crippen LogP contribution in [0.25, 0.3) is 0 Å². The zero-order chi connectivity index (χ0) is 15.5. The fourth-order valence-electron chi connectivity index (χ4n) is 2.99. The molecule has 0 aromatic heterocycles. The molecule has 1 heterocycles. The van der Waals surface area contributed by atoms with Crippen LogP contribution < -0.4 is 0 Å². The molecule has 1 aliphatic heterocycles. The van der Waals surface area contributed by atoms with Crippen LogP contribution in [-0.4, -0.2) is 39.7 Å². The Kier molecular flexibility index (Phi) is 4.22. The van der Waals surface area contributed by atoms with Crippen molar-refractivity contribution in [1.82, 2.24) is 4.90 Å². The highest BCUT2D eigenvalue weighted by molar-refractivity contribution is 5.94. The highest BCUT2D eigenvalue weighted by Crippen LogP contribution is 2.30. The largest absolute Gasteiger partial charge is 0.391 e. The number of likely N-dealkylation sites (tertiary alicyclic amines) is 1. The lowest BCUT2D eigenvalue weighted by molar-refractivity contribution is 0.0485. The minimum absolute atomic E-state index is 0.155. The van der Waals surface area contributed by atoms with Crippen molar-refractivity contribution in [1.29, 1.82) is 0 Å². The Labute approximate surface area is 129 Å². The molecule has 1 aliphatic rings. The maximum Gasteiger partial charge on any atom is 0.254 e. The van der Waals surface area contributed by atoms with Gasteiger partial charge >= 0.3 is 0 Å². The molecule has 0 bridgehead atoms. The Hall–Kier alpha value is -2.17. The van der Waals surface area contributed by atoms with E-state index in [0.29, 0.717) is 12.0 Å². The van der Waals surface area contributed by atoms with E-state index in [1.807, 2.05) is 48.5 Å². The number of aliphatic hydroxyl groups excluding tert-OH is 2. The molecule has 3 atom stereocenters. The molecular formula is C18H19NO3. The van der Waals surface area contributed by atoms with Crippen LogP contribution in [0.15, 0.2) is 60.7 Å². The molecule has 0 unspecified atom stereocenters. The standard InChI is InChI=1S/C18H19NO3/c20-15-11-16(17(21)13-7-3-1-4-8-13)19(12-15)18(22)14-9-5-2-6-10-14/h1-10,15-17,20-21H,11-12H2/t15-,16-,17+/m1/s1. The predicted molar refractivity (Wildman–Crippen MR) is 83.3 cm³/mol. The summed E-state index contributed by atoms with van der Waals surface area (Å²) in [5.74, 6) is -0.155. The molecule has 114 valence electrons. The summed E-state index contributed by atoms with van der Waals surface area (Å²) in [7, 11) is 0. The summed E-state index contributed by atoms with van der Waals surface area (Å²) < 4.78 is 0. The second-order valence-electron chi connectivity index (χ2n) is 5.64. The van der Waals surface area contributed by atoms with Crippen LogP contribution in [0.4, 0.5) is 0 Å². The van der Waals surface area contributed by atoms with Gasteiger partial charge in [0.25, 0.3) is 5.91 Å². The maximum atomic E-state index is 12.6. The number of hydrogen-bond donors (Lipinski definition) is 2. The molecule has 3 rings (SSSR count). The Morgan fingerprint density at radius 1 is 1.05 bits per heavy atom. The lowest BCUT2D eigenvalue weighted by atomic mass is 9.99. The van der Waals surface area contributed by atoms with Crippen molar-refractivity contribution in [3.05, 3.63) is 71.8 Å². The monoisotopic (exact) mass is 297 g/mol. The summed E-state index contributed by atoms with van der Waals surface area (Å²) in [6.45, 7) is 0.252. The third-order valence-electron chi connectivity index (χ3n) is 4.11. The van der Waals surface area contributed by atoms with E-state index in [1.54, 1.807) is 17.0 Å². The molecular weight excluding hydrogens is 278 g/mol. The van der Waals surface area contributed by atoms with Gasteiger partial charge in [0.05, 0.1) is 18.2 Å². The Morgan fingerprint density at radius 2 is 1.64 bits per heavy atom. The van der Waals surface area contributed by atoms with Gasteiger partial charge in [-0.25, -0.2) is 0 Å². The summed E-state index contributed by atoms with van der Waals surface area (Å²) in [4.78, 5) is 14.2.